The lowest BCUT2D eigenvalue weighted by molar-refractivity contribution is -0.143. The topological polar surface area (TPSA) is 87.3 Å². The highest BCUT2D eigenvalue weighted by atomic mass is 19.4. The van der Waals surface area contributed by atoms with Gasteiger partial charge in [0.15, 0.2) is 6.23 Å². The van der Waals surface area contributed by atoms with Gasteiger partial charge < -0.3 is 15.4 Å². The number of benzene rings is 2. The Labute approximate surface area is 215 Å². The maximum Gasteiger partial charge on any atom is 0.418 e. The summed E-state index contributed by atoms with van der Waals surface area (Å²) in [5.41, 5.74) is -2.67. The van der Waals surface area contributed by atoms with Crippen LogP contribution in [0.15, 0.2) is 41.4 Å². The lowest BCUT2D eigenvalue weighted by atomic mass is 10.0. The summed E-state index contributed by atoms with van der Waals surface area (Å²) in [7, 11) is 0. The predicted octanol–water partition coefficient (Wildman–Crippen LogP) is 6.72. The van der Waals surface area contributed by atoms with E-state index >= 15 is 0 Å². The Bertz CT molecular complexity index is 1460. The minimum Gasteiger partial charge on any atom is -0.386 e. The molecule has 0 saturated heterocycles. The molecule has 1 heterocycles. The lowest BCUT2D eigenvalue weighted by Gasteiger charge is -2.17. The van der Waals surface area contributed by atoms with Gasteiger partial charge in [0.05, 0.1) is 41.3 Å². The van der Waals surface area contributed by atoms with Gasteiger partial charge in [0.2, 0.25) is 0 Å². The van der Waals surface area contributed by atoms with E-state index in [1.165, 1.54) is 6.07 Å². The highest BCUT2D eigenvalue weighted by molar-refractivity contribution is 5.90. The highest BCUT2D eigenvalue weighted by Gasteiger charge is 2.39. The Morgan fingerprint density at radius 2 is 1.43 bits per heavy atom. The van der Waals surface area contributed by atoms with Gasteiger partial charge in [0.1, 0.15) is 5.84 Å². The van der Waals surface area contributed by atoms with Crippen molar-refractivity contribution in [3.05, 3.63) is 69.9 Å². The zero-order chi connectivity index (χ0) is 30.4. The van der Waals surface area contributed by atoms with Crippen molar-refractivity contribution < 1.29 is 57.8 Å². The maximum atomic E-state index is 13.7. The molecule has 17 heteroatoms. The number of aliphatic hydroxyl groups excluding tert-OH is 1. The molecule has 1 atom stereocenters. The summed E-state index contributed by atoms with van der Waals surface area (Å²) in [6, 6.07) is 3.50. The van der Waals surface area contributed by atoms with E-state index in [-0.39, 0.29) is 18.2 Å². The standard InChI is InChI=1S/C23H14F12N4O/c24-20(25,26)7-14-6-15-16(2-1-10(8-36)18(15)23(33,34)35)39(14)9-17(37)38-19(40)11-3-12(21(27,28)29)5-13(4-11)22(30,31)32/h1-6,19,40H,7,9H2,(H2,37,38). The van der Waals surface area contributed by atoms with Crippen molar-refractivity contribution in [3.8, 4) is 6.07 Å². The third-order valence-corrected chi connectivity index (χ3v) is 5.47. The van der Waals surface area contributed by atoms with Gasteiger partial charge in [0.25, 0.3) is 0 Å². The van der Waals surface area contributed by atoms with Crippen LogP contribution >= 0.6 is 0 Å². The molecular formula is C23H14F12N4O. The van der Waals surface area contributed by atoms with Crippen molar-refractivity contribution in [1.82, 2.24) is 4.57 Å². The number of aromatic nitrogens is 1. The second kappa shape index (κ2) is 10.2. The molecule has 0 saturated carbocycles. The number of amidine groups is 1. The summed E-state index contributed by atoms with van der Waals surface area (Å²) in [6.07, 6.45) is -24.9. The Morgan fingerprint density at radius 3 is 1.88 bits per heavy atom. The van der Waals surface area contributed by atoms with Gasteiger partial charge in [-0.05, 0) is 36.4 Å². The van der Waals surface area contributed by atoms with Crippen molar-refractivity contribution in [2.45, 2.75) is 43.9 Å². The largest absolute Gasteiger partial charge is 0.418 e. The molecule has 3 rings (SSSR count). The number of halogens is 12. The number of rotatable bonds is 5. The smallest absolute Gasteiger partial charge is 0.386 e. The summed E-state index contributed by atoms with van der Waals surface area (Å²) in [5.74, 6) is -0.850. The molecule has 1 unspecified atom stereocenters. The van der Waals surface area contributed by atoms with Gasteiger partial charge >= 0.3 is 24.7 Å². The first-order chi connectivity index (χ1) is 18.1. The minimum atomic E-state index is -5.26. The summed E-state index contributed by atoms with van der Waals surface area (Å²) in [5, 5.41) is 18.5. The quantitative estimate of drug-likeness (QED) is 0.197. The van der Waals surface area contributed by atoms with E-state index in [1.807, 2.05) is 0 Å². The van der Waals surface area contributed by atoms with E-state index < -0.39 is 94.1 Å². The van der Waals surface area contributed by atoms with E-state index in [0.29, 0.717) is 16.7 Å². The predicted molar refractivity (Wildman–Crippen MR) is 114 cm³/mol. The number of alkyl halides is 12. The van der Waals surface area contributed by atoms with Crippen molar-refractivity contribution in [2.24, 2.45) is 10.7 Å². The fourth-order valence-electron chi connectivity index (χ4n) is 3.89. The SMILES string of the molecule is N#Cc1ccc2c(cc(CC(F)(F)F)n2CC(N)=NC(O)c2cc(C(F)(F)F)cc(C(F)(F)F)c2)c1C(F)(F)F. The van der Waals surface area contributed by atoms with Crippen LogP contribution in [0.1, 0.15) is 39.7 Å². The molecule has 5 nitrogen and oxygen atoms in total. The molecule has 0 aliphatic rings. The fourth-order valence-corrected chi connectivity index (χ4v) is 3.89. The van der Waals surface area contributed by atoms with Gasteiger partial charge in [-0.2, -0.15) is 57.9 Å². The Kier molecular flexibility index (Phi) is 7.82. The molecular weight excluding hydrogens is 576 g/mol. The average Bonchev–Trinajstić information content (AvgIpc) is 3.10. The van der Waals surface area contributed by atoms with E-state index in [4.69, 9.17) is 11.0 Å². The molecule has 0 amide bonds. The summed E-state index contributed by atoms with van der Waals surface area (Å²) in [6.45, 7) is -0.958. The van der Waals surface area contributed by atoms with Crippen LogP contribution in [-0.2, 0) is 31.5 Å². The van der Waals surface area contributed by atoms with Gasteiger partial charge in [-0.1, -0.05) is 0 Å². The van der Waals surface area contributed by atoms with Crippen molar-refractivity contribution >= 4 is 16.7 Å². The van der Waals surface area contributed by atoms with Gasteiger partial charge in [-0.15, -0.1) is 0 Å². The molecule has 0 aliphatic carbocycles. The second-order valence-corrected chi connectivity index (χ2v) is 8.38. The van der Waals surface area contributed by atoms with Crippen molar-refractivity contribution in [1.29, 1.82) is 5.26 Å². The van der Waals surface area contributed by atoms with E-state index in [9.17, 15) is 57.8 Å². The number of nitrogens with zero attached hydrogens (tertiary/aromatic N) is 3. The summed E-state index contributed by atoms with van der Waals surface area (Å²) < 4.78 is 160. The van der Waals surface area contributed by atoms with E-state index in [0.717, 1.165) is 6.07 Å². The summed E-state index contributed by atoms with van der Waals surface area (Å²) in [4.78, 5) is 3.36. The van der Waals surface area contributed by atoms with Crippen LogP contribution in [0.4, 0.5) is 52.7 Å². The molecule has 3 aromatic rings. The van der Waals surface area contributed by atoms with Gasteiger partial charge in [0, 0.05) is 22.2 Å². The number of fused-ring (bicyclic) bond motifs is 1. The third-order valence-electron chi connectivity index (χ3n) is 5.47. The molecule has 3 N–H and O–H groups in total. The monoisotopic (exact) mass is 590 g/mol. The molecule has 0 fully saturated rings. The first-order valence-corrected chi connectivity index (χ1v) is 10.6. The molecule has 0 spiro atoms. The number of nitriles is 1. The minimum absolute atomic E-state index is 0.149. The maximum absolute atomic E-state index is 13.7. The molecule has 2 aromatic carbocycles. The van der Waals surface area contributed by atoms with Gasteiger partial charge in [-0.3, -0.25) is 0 Å². The normalized spacial score (nSPS) is 14.4. The number of hydrogen-bond acceptors (Lipinski definition) is 3. The summed E-state index contributed by atoms with van der Waals surface area (Å²) >= 11 is 0. The van der Waals surface area contributed by atoms with Crippen LogP contribution in [0.25, 0.3) is 10.9 Å². The first kappa shape index (κ1) is 30.6. The molecule has 0 bridgehead atoms. The van der Waals surface area contributed by atoms with Crippen LogP contribution in [0.2, 0.25) is 0 Å². The number of aliphatic hydroxyl groups is 1. The van der Waals surface area contributed by atoms with E-state index in [2.05, 4.69) is 4.99 Å². The zero-order valence-corrected chi connectivity index (χ0v) is 19.4. The molecule has 0 radical (unpaired) electrons. The Morgan fingerprint density at radius 1 is 0.875 bits per heavy atom. The van der Waals surface area contributed by atoms with Crippen molar-refractivity contribution in [2.75, 3.05) is 0 Å². The van der Waals surface area contributed by atoms with E-state index in [1.54, 1.807) is 0 Å². The van der Waals surface area contributed by atoms with Gasteiger partial charge in [-0.25, -0.2) is 4.99 Å². The number of hydrogen-bond donors (Lipinski definition) is 2. The average molecular weight is 590 g/mol. The Balaban J connectivity index is 2.13. The fraction of sp³-hybridized carbons (Fsp3) is 0.304. The molecule has 40 heavy (non-hydrogen) atoms. The Hall–Kier alpha value is -3.94. The van der Waals surface area contributed by atoms with Crippen LogP contribution < -0.4 is 5.73 Å². The van der Waals surface area contributed by atoms with Crippen molar-refractivity contribution in [3.63, 3.8) is 0 Å². The van der Waals surface area contributed by atoms with Crippen LogP contribution in [0.5, 0.6) is 0 Å². The molecule has 1 aromatic heterocycles. The third kappa shape index (κ3) is 6.79. The van der Waals surface area contributed by atoms with Crippen LogP contribution in [0, 0.1) is 11.3 Å². The second-order valence-electron chi connectivity index (χ2n) is 8.38. The lowest BCUT2D eigenvalue weighted by Crippen LogP contribution is -2.24. The first-order valence-electron chi connectivity index (χ1n) is 10.6. The zero-order valence-electron chi connectivity index (χ0n) is 19.4. The molecule has 216 valence electrons. The number of aliphatic imine (C=N–C) groups is 1. The highest BCUT2D eigenvalue weighted by Crippen LogP contribution is 2.40. The molecule has 0 aliphatic heterocycles. The van der Waals surface area contributed by atoms with Crippen LogP contribution in [-0.4, -0.2) is 21.7 Å². The number of nitrogens with two attached hydrogens (primary N) is 1. The van der Waals surface area contributed by atoms with Crippen LogP contribution in [0.3, 0.4) is 0 Å².